The standard InChI is InChI=1S/C21H26N2O2.ClH/c1-15-12-19(25-16(2)18-6-4-3-5-7-18)10-11-20(15)23-21(24)14-22-13-17-8-9-17;/h3-7,10-12,16-17,22H,8-9,13-14H2,1-2H3,(H,23,24);1H. The van der Waals surface area contributed by atoms with E-state index in [-0.39, 0.29) is 24.4 Å². The largest absolute Gasteiger partial charge is 0.486 e. The third-order valence-corrected chi connectivity index (χ3v) is 4.47. The Morgan fingerprint density at radius 1 is 1.19 bits per heavy atom. The van der Waals surface area contributed by atoms with E-state index in [0.717, 1.165) is 35.0 Å². The minimum atomic E-state index is -0.0207. The monoisotopic (exact) mass is 374 g/mol. The van der Waals surface area contributed by atoms with E-state index in [9.17, 15) is 4.79 Å². The summed E-state index contributed by atoms with van der Waals surface area (Å²) in [6, 6.07) is 15.9. The average molecular weight is 375 g/mol. The van der Waals surface area contributed by atoms with Crippen molar-refractivity contribution < 1.29 is 9.53 Å². The van der Waals surface area contributed by atoms with E-state index in [2.05, 4.69) is 22.8 Å². The highest BCUT2D eigenvalue weighted by molar-refractivity contribution is 5.93. The van der Waals surface area contributed by atoms with Gasteiger partial charge in [-0.05, 0) is 68.5 Å². The van der Waals surface area contributed by atoms with E-state index in [4.69, 9.17) is 4.74 Å². The molecule has 2 N–H and O–H groups in total. The summed E-state index contributed by atoms with van der Waals surface area (Å²) in [6.07, 6.45) is 2.56. The van der Waals surface area contributed by atoms with Gasteiger partial charge in [-0.25, -0.2) is 0 Å². The molecule has 0 spiro atoms. The van der Waals surface area contributed by atoms with Gasteiger partial charge in [0.25, 0.3) is 0 Å². The van der Waals surface area contributed by atoms with Crippen LogP contribution in [0.15, 0.2) is 48.5 Å². The molecule has 0 heterocycles. The fourth-order valence-electron chi connectivity index (χ4n) is 2.75. The molecule has 1 saturated carbocycles. The second-order valence-electron chi connectivity index (χ2n) is 6.77. The zero-order chi connectivity index (χ0) is 17.6. The van der Waals surface area contributed by atoms with Crippen LogP contribution in [0.2, 0.25) is 0 Å². The van der Waals surface area contributed by atoms with Gasteiger partial charge in [0.15, 0.2) is 0 Å². The molecular formula is C21H27ClN2O2. The third-order valence-electron chi connectivity index (χ3n) is 4.47. The van der Waals surface area contributed by atoms with E-state index in [1.165, 1.54) is 12.8 Å². The lowest BCUT2D eigenvalue weighted by atomic mass is 10.1. The lowest BCUT2D eigenvalue weighted by Gasteiger charge is -2.17. The number of halogens is 1. The van der Waals surface area contributed by atoms with Gasteiger partial charge in [-0.15, -0.1) is 12.4 Å². The van der Waals surface area contributed by atoms with Gasteiger partial charge in [-0.3, -0.25) is 4.79 Å². The quantitative estimate of drug-likeness (QED) is 0.715. The lowest BCUT2D eigenvalue weighted by molar-refractivity contribution is -0.115. The van der Waals surface area contributed by atoms with Crippen molar-refractivity contribution in [1.82, 2.24) is 5.32 Å². The molecule has 0 saturated heterocycles. The van der Waals surface area contributed by atoms with Gasteiger partial charge in [0.05, 0.1) is 6.54 Å². The predicted molar refractivity (Wildman–Crippen MR) is 108 cm³/mol. The molecule has 0 bridgehead atoms. The smallest absolute Gasteiger partial charge is 0.238 e. The molecule has 1 unspecified atom stereocenters. The van der Waals surface area contributed by atoms with Gasteiger partial charge < -0.3 is 15.4 Å². The highest BCUT2D eigenvalue weighted by atomic mass is 35.5. The van der Waals surface area contributed by atoms with Crippen molar-refractivity contribution in [3.05, 3.63) is 59.7 Å². The lowest BCUT2D eigenvalue weighted by Crippen LogP contribution is -2.29. The number of nitrogens with one attached hydrogen (secondary N) is 2. The van der Waals surface area contributed by atoms with E-state index in [0.29, 0.717) is 6.54 Å². The topological polar surface area (TPSA) is 50.4 Å². The first-order valence-corrected chi connectivity index (χ1v) is 8.94. The number of carbonyl (C=O) groups excluding carboxylic acids is 1. The normalized spacial score (nSPS) is 14.2. The minimum absolute atomic E-state index is 0. The fraction of sp³-hybridized carbons (Fsp3) is 0.381. The second kappa shape index (κ2) is 9.60. The molecule has 1 aliphatic carbocycles. The highest BCUT2D eigenvalue weighted by Crippen LogP contribution is 2.27. The number of hydrogen-bond acceptors (Lipinski definition) is 3. The molecule has 2 aromatic rings. The number of rotatable bonds is 8. The summed E-state index contributed by atoms with van der Waals surface area (Å²) < 4.78 is 6.01. The summed E-state index contributed by atoms with van der Waals surface area (Å²) in [5.74, 6) is 1.58. The van der Waals surface area contributed by atoms with E-state index in [1.807, 2.05) is 50.2 Å². The van der Waals surface area contributed by atoms with Crippen LogP contribution >= 0.6 is 12.4 Å². The summed E-state index contributed by atoms with van der Waals surface area (Å²) in [7, 11) is 0. The van der Waals surface area contributed by atoms with Crippen molar-refractivity contribution >= 4 is 24.0 Å². The first kappa shape index (κ1) is 20.3. The Labute approximate surface area is 161 Å². The Morgan fingerprint density at radius 3 is 2.58 bits per heavy atom. The molecule has 1 aliphatic rings. The number of ether oxygens (including phenoxy) is 1. The van der Waals surface area contributed by atoms with Gasteiger partial charge in [0.1, 0.15) is 11.9 Å². The van der Waals surface area contributed by atoms with Crippen LogP contribution in [-0.2, 0) is 4.79 Å². The van der Waals surface area contributed by atoms with E-state index < -0.39 is 0 Å². The zero-order valence-electron chi connectivity index (χ0n) is 15.3. The number of aryl methyl sites for hydroxylation is 1. The SMILES string of the molecule is Cc1cc(OC(C)c2ccccc2)ccc1NC(=O)CNCC1CC1.Cl. The highest BCUT2D eigenvalue weighted by Gasteiger charge is 2.20. The zero-order valence-corrected chi connectivity index (χ0v) is 16.1. The molecule has 4 nitrogen and oxygen atoms in total. The van der Waals surface area contributed by atoms with Crippen LogP contribution in [0.25, 0.3) is 0 Å². The van der Waals surface area contributed by atoms with E-state index >= 15 is 0 Å². The van der Waals surface area contributed by atoms with Gasteiger partial charge in [-0.2, -0.15) is 0 Å². The van der Waals surface area contributed by atoms with Crippen molar-refractivity contribution in [3.63, 3.8) is 0 Å². The summed E-state index contributed by atoms with van der Waals surface area (Å²) in [6.45, 7) is 5.31. The Kier molecular flexibility index (Phi) is 7.49. The van der Waals surface area contributed by atoms with Crippen molar-refractivity contribution in [2.75, 3.05) is 18.4 Å². The second-order valence-corrected chi connectivity index (χ2v) is 6.77. The minimum Gasteiger partial charge on any atom is -0.486 e. The van der Waals surface area contributed by atoms with Crippen molar-refractivity contribution in [2.45, 2.75) is 32.8 Å². The summed E-state index contributed by atoms with van der Waals surface area (Å²) in [4.78, 5) is 12.0. The maximum Gasteiger partial charge on any atom is 0.238 e. The van der Waals surface area contributed by atoms with E-state index in [1.54, 1.807) is 0 Å². The van der Waals surface area contributed by atoms with Crippen LogP contribution in [0, 0.1) is 12.8 Å². The molecule has 1 amide bonds. The van der Waals surface area contributed by atoms with Gasteiger partial charge in [0, 0.05) is 5.69 Å². The van der Waals surface area contributed by atoms with Crippen LogP contribution in [-0.4, -0.2) is 19.0 Å². The van der Waals surface area contributed by atoms with Crippen molar-refractivity contribution in [3.8, 4) is 5.75 Å². The molecule has 2 aromatic carbocycles. The number of benzene rings is 2. The number of hydrogen-bond donors (Lipinski definition) is 2. The molecular weight excluding hydrogens is 348 g/mol. The molecule has 26 heavy (non-hydrogen) atoms. The Hall–Kier alpha value is -2.04. The molecule has 3 rings (SSSR count). The molecule has 0 radical (unpaired) electrons. The van der Waals surface area contributed by atoms with Crippen LogP contribution in [0.5, 0.6) is 5.75 Å². The van der Waals surface area contributed by atoms with Crippen LogP contribution in [0.1, 0.15) is 37.0 Å². The molecule has 1 atom stereocenters. The molecule has 0 aliphatic heterocycles. The average Bonchev–Trinajstić information content (AvgIpc) is 3.42. The Balaban J connectivity index is 0.00000243. The first-order valence-electron chi connectivity index (χ1n) is 8.94. The summed E-state index contributed by atoms with van der Waals surface area (Å²) >= 11 is 0. The number of anilines is 1. The van der Waals surface area contributed by atoms with Crippen LogP contribution in [0.3, 0.4) is 0 Å². The molecule has 0 aromatic heterocycles. The fourth-order valence-corrected chi connectivity index (χ4v) is 2.75. The summed E-state index contributed by atoms with van der Waals surface area (Å²) in [5, 5.41) is 6.17. The van der Waals surface area contributed by atoms with Crippen molar-refractivity contribution in [1.29, 1.82) is 0 Å². The van der Waals surface area contributed by atoms with Gasteiger partial charge >= 0.3 is 0 Å². The molecule has 140 valence electrons. The Morgan fingerprint density at radius 2 is 1.92 bits per heavy atom. The summed E-state index contributed by atoms with van der Waals surface area (Å²) in [5.41, 5.74) is 2.96. The van der Waals surface area contributed by atoms with Gasteiger partial charge in [0.2, 0.25) is 5.91 Å². The maximum atomic E-state index is 12.0. The predicted octanol–water partition coefficient (Wildman–Crippen LogP) is 4.49. The number of carbonyl (C=O) groups is 1. The molecule has 1 fully saturated rings. The van der Waals surface area contributed by atoms with Crippen molar-refractivity contribution in [2.24, 2.45) is 5.92 Å². The third kappa shape index (κ3) is 6.04. The maximum absolute atomic E-state index is 12.0. The molecule has 5 heteroatoms. The Bertz CT molecular complexity index is 717. The first-order chi connectivity index (χ1) is 12.1. The number of amides is 1. The van der Waals surface area contributed by atoms with Crippen LogP contribution in [0.4, 0.5) is 5.69 Å². The van der Waals surface area contributed by atoms with Gasteiger partial charge in [-0.1, -0.05) is 30.3 Å². The van der Waals surface area contributed by atoms with Crippen LogP contribution < -0.4 is 15.4 Å².